The van der Waals surface area contributed by atoms with Crippen LogP contribution in [0.2, 0.25) is 0 Å². The minimum absolute atomic E-state index is 0.150. The Morgan fingerprint density at radius 3 is 2.70 bits per heavy atom. The second kappa shape index (κ2) is 6.37. The van der Waals surface area contributed by atoms with Crippen molar-refractivity contribution < 1.29 is 4.79 Å². The highest BCUT2D eigenvalue weighted by atomic mass is 16.2. The molecule has 6 nitrogen and oxygen atoms in total. The third kappa shape index (κ3) is 2.76. The maximum Gasteiger partial charge on any atom is 0.256 e. The van der Waals surface area contributed by atoms with Crippen LogP contribution < -0.4 is 4.90 Å². The summed E-state index contributed by atoms with van der Waals surface area (Å²) in [5.74, 6) is 1.39. The van der Waals surface area contributed by atoms with E-state index in [1.54, 1.807) is 12.4 Å². The fraction of sp³-hybridized carbons (Fsp3) is 0.381. The van der Waals surface area contributed by atoms with E-state index in [1.165, 1.54) is 0 Å². The quantitative estimate of drug-likeness (QED) is 0.704. The van der Waals surface area contributed by atoms with Crippen LogP contribution >= 0.6 is 0 Å². The van der Waals surface area contributed by atoms with E-state index < -0.39 is 0 Å². The Morgan fingerprint density at radius 1 is 1.04 bits per heavy atom. The molecule has 27 heavy (non-hydrogen) atoms. The predicted octanol–water partition coefficient (Wildman–Crippen LogP) is 2.71. The second-order valence-electron chi connectivity index (χ2n) is 7.68. The second-order valence-corrected chi connectivity index (χ2v) is 7.68. The van der Waals surface area contributed by atoms with Gasteiger partial charge in [0.1, 0.15) is 0 Å². The molecule has 5 heterocycles. The molecule has 0 radical (unpaired) electrons. The lowest BCUT2D eigenvalue weighted by Gasteiger charge is -2.36. The van der Waals surface area contributed by atoms with Crippen LogP contribution in [0.1, 0.15) is 23.2 Å². The van der Waals surface area contributed by atoms with Crippen LogP contribution in [0, 0.1) is 5.92 Å². The zero-order valence-corrected chi connectivity index (χ0v) is 15.5. The number of carbonyl (C=O) groups excluding carboxylic acids is 1. The normalized spacial score (nSPS) is 22.3. The van der Waals surface area contributed by atoms with Crippen LogP contribution in [-0.2, 0) is 7.05 Å². The van der Waals surface area contributed by atoms with Crippen molar-refractivity contribution in [1.29, 1.82) is 0 Å². The number of aryl methyl sites for hydroxylation is 1. The lowest BCUT2D eigenvalue weighted by Crippen LogP contribution is -2.47. The van der Waals surface area contributed by atoms with Crippen molar-refractivity contribution in [1.82, 2.24) is 19.4 Å². The van der Waals surface area contributed by atoms with Crippen LogP contribution in [0.5, 0.6) is 0 Å². The molecule has 3 fully saturated rings. The van der Waals surface area contributed by atoms with Gasteiger partial charge in [-0.05, 0) is 30.9 Å². The van der Waals surface area contributed by atoms with Crippen LogP contribution in [-0.4, -0.2) is 51.0 Å². The van der Waals surface area contributed by atoms with E-state index in [0.29, 0.717) is 5.92 Å². The lowest BCUT2D eigenvalue weighted by molar-refractivity contribution is 0.0594. The molecular formula is C21H23N5O. The average Bonchev–Trinajstić information content (AvgIpc) is 2.87. The van der Waals surface area contributed by atoms with Gasteiger partial charge in [0.2, 0.25) is 5.95 Å². The van der Waals surface area contributed by atoms with E-state index in [-0.39, 0.29) is 11.9 Å². The summed E-state index contributed by atoms with van der Waals surface area (Å²) in [4.78, 5) is 26.7. The van der Waals surface area contributed by atoms with Crippen molar-refractivity contribution >= 4 is 22.8 Å². The highest BCUT2D eigenvalue weighted by Crippen LogP contribution is 2.32. The molecule has 6 rings (SSSR count). The number of para-hydroxylation sites is 1. The number of benzene rings is 1. The predicted molar refractivity (Wildman–Crippen MR) is 105 cm³/mol. The molecule has 3 aliphatic rings. The zero-order valence-electron chi connectivity index (χ0n) is 15.5. The van der Waals surface area contributed by atoms with E-state index in [9.17, 15) is 4.79 Å². The van der Waals surface area contributed by atoms with Crippen molar-refractivity contribution in [2.24, 2.45) is 13.0 Å². The Kier molecular flexibility index (Phi) is 3.85. The monoisotopic (exact) mass is 361 g/mol. The summed E-state index contributed by atoms with van der Waals surface area (Å²) in [6.07, 6.45) is 7.75. The standard InChI is InChI=1S/C21H23N5O/c1-24-14-18(17-5-2-3-6-19(17)24)20(27)26-12-15-7-8-16(26)13-25(11-15)21-22-9-4-10-23-21/h2-6,9-10,14-16H,7-8,11-13H2,1H3/t15-,16+/m0/s1. The van der Waals surface area contributed by atoms with Gasteiger partial charge < -0.3 is 14.4 Å². The average molecular weight is 361 g/mol. The summed E-state index contributed by atoms with van der Waals surface area (Å²) < 4.78 is 2.04. The van der Waals surface area contributed by atoms with Crippen LogP contribution in [0.15, 0.2) is 48.9 Å². The third-order valence-corrected chi connectivity index (χ3v) is 5.94. The van der Waals surface area contributed by atoms with Gasteiger partial charge in [0.25, 0.3) is 5.91 Å². The number of piperidine rings is 1. The molecule has 3 saturated heterocycles. The summed E-state index contributed by atoms with van der Waals surface area (Å²) in [5, 5.41) is 1.04. The van der Waals surface area contributed by atoms with Gasteiger partial charge in [0, 0.05) is 62.2 Å². The van der Waals surface area contributed by atoms with Crippen LogP contribution in [0.4, 0.5) is 5.95 Å². The maximum atomic E-state index is 13.5. The number of fused-ring (bicyclic) bond motifs is 5. The lowest BCUT2D eigenvalue weighted by atomic mass is 9.94. The van der Waals surface area contributed by atoms with Crippen molar-refractivity contribution in [3.8, 4) is 0 Å². The Morgan fingerprint density at radius 2 is 1.85 bits per heavy atom. The molecule has 138 valence electrons. The fourth-order valence-electron chi connectivity index (χ4n) is 4.62. The summed E-state index contributed by atoms with van der Waals surface area (Å²) in [6.45, 7) is 2.53. The van der Waals surface area contributed by atoms with Gasteiger partial charge >= 0.3 is 0 Å². The minimum atomic E-state index is 0.150. The van der Waals surface area contributed by atoms with Gasteiger partial charge in [-0.2, -0.15) is 0 Å². The van der Waals surface area contributed by atoms with Gasteiger partial charge in [0.05, 0.1) is 5.56 Å². The third-order valence-electron chi connectivity index (χ3n) is 5.94. The Bertz CT molecular complexity index is 983. The van der Waals surface area contributed by atoms with Crippen molar-refractivity contribution in [2.45, 2.75) is 18.9 Å². The molecule has 6 heteroatoms. The van der Waals surface area contributed by atoms with Gasteiger partial charge in [0.15, 0.2) is 0 Å². The maximum absolute atomic E-state index is 13.5. The van der Waals surface area contributed by atoms with Crippen molar-refractivity contribution in [2.75, 3.05) is 24.5 Å². The van der Waals surface area contributed by atoms with Gasteiger partial charge in [-0.15, -0.1) is 0 Å². The van der Waals surface area contributed by atoms with Gasteiger partial charge in [-0.3, -0.25) is 4.79 Å². The molecule has 0 unspecified atom stereocenters. The molecule has 0 saturated carbocycles. The summed E-state index contributed by atoms with van der Waals surface area (Å²) in [5.41, 5.74) is 1.91. The first kappa shape index (κ1) is 16.3. The number of carbonyl (C=O) groups is 1. The molecule has 0 aliphatic carbocycles. The van der Waals surface area contributed by atoms with Gasteiger partial charge in [-0.1, -0.05) is 18.2 Å². The molecule has 2 atom stereocenters. The number of hydrogen-bond donors (Lipinski definition) is 0. The minimum Gasteiger partial charge on any atom is -0.350 e. The molecule has 0 spiro atoms. The number of hydrogen-bond acceptors (Lipinski definition) is 4. The molecule has 3 aromatic rings. The van der Waals surface area contributed by atoms with E-state index in [0.717, 1.165) is 54.9 Å². The number of anilines is 1. The molecule has 2 aromatic heterocycles. The summed E-state index contributed by atoms with van der Waals surface area (Å²) in [7, 11) is 2.00. The summed E-state index contributed by atoms with van der Waals surface area (Å²) in [6, 6.07) is 10.2. The zero-order chi connectivity index (χ0) is 18.4. The highest BCUT2D eigenvalue weighted by molar-refractivity contribution is 6.07. The smallest absolute Gasteiger partial charge is 0.256 e. The molecule has 2 bridgehead atoms. The Labute approximate surface area is 158 Å². The van der Waals surface area contributed by atoms with Gasteiger partial charge in [-0.25, -0.2) is 9.97 Å². The Hall–Kier alpha value is -2.89. The molecular weight excluding hydrogens is 338 g/mol. The number of aromatic nitrogens is 3. The first-order valence-electron chi connectivity index (χ1n) is 9.57. The summed E-state index contributed by atoms with van der Waals surface area (Å²) >= 11 is 0. The SMILES string of the molecule is Cn1cc(C(=O)N2C[C@H]3CC[C@@H]2CN(c2ncccn2)C3)c2ccccc21. The van der Waals surface area contributed by atoms with Crippen LogP contribution in [0.25, 0.3) is 10.9 Å². The highest BCUT2D eigenvalue weighted by Gasteiger charge is 2.38. The molecule has 1 aromatic carbocycles. The first-order chi connectivity index (χ1) is 13.2. The largest absolute Gasteiger partial charge is 0.350 e. The molecule has 0 N–H and O–H groups in total. The van der Waals surface area contributed by atoms with E-state index in [4.69, 9.17) is 0 Å². The topological polar surface area (TPSA) is 54.3 Å². The van der Waals surface area contributed by atoms with Crippen molar-refractivity contribution in [3.05, 3.63) is 54.5 Å². The molecule has 1 amide bonds. The number of nitrogens with zero attached hydrogens (tertiary/aromatic N) is 5. The van der Waals surface area contributed by atoms with Crippen LogP contribution in [0.3, 0.4) is 0 Å². The first-order valence-corrected chi connectivity index (χ1v) is 9.57. The Balaban J connectivity index is 1.46. The van der Waals surface area contributed by atoms with E-state index >= 15 is 0 Å². The van der Waals surface area contributed by atoms with E-state index in [1.807, 2.05) is 42.1 Å². The van der Waals surface area contributed by atoms with Crippen molar-refractivity contribution in [3.63, 3.8) is 0 Å². The molecule has 3 aliphatic heterocycles. The van der Waals surface area contributed by atoms with E-state index in [2.05, 4.69) is 25.8 Å². The number of rotatable bonds is 2. The fourth-order valence-corrected chi connectivity index (χ4v) is 4.62. The number of amides is 1.